The van der Waals surface area contributed by atoms with Gasteiger partial charge < -0.3 is 14.5 Å². The smallest absolute Gasteiger partial charge is 0.232 e. The van der Waals surface area contributed by atoms with Crippen LogP contribution in [0.15, 0.2) is 29.2 Å². The lowest BCUT2D eigenvalue weighted by Crippen LogP contribution is -2.55. The summed E-state index contributed by atoms with van der Waals surface area (Å²) >= 11 is 1.56. The van der Waals surface area contributed by atoms with E-state index in [1.165, 1.54) is 0 Å². The van der Waals surface area contributed by atoms with Crippen molar-refractivity contribution in [3.8, 4) is 5.75 Å². The van der Waals surface area contributed by atoms with E-state index < -0.39 is 0 Å². The van der Waals surface area contributed by atoms with Gasteiger partial charge in [-0.15, -0.1) is 11.8 Å². The molecule has 3 rings (SSSR count). The number of thioether (sulfide) groups is 1. The Hall–Kier alpha value is -1.69. The van der Waals surface area contributed by atoms with Gasteiger partial charge in [0.15, 0.2) is 0 Å². The summed E-state index contributed by atoms with van der Waals surface area (Å²) in [5.41, 5.74) is 0.0957. The van der Waals surface area contributed by atoms with Crippen LogP contribution in [0, 0.1) is 5.41 Å². The number of benzene rings is 1. The maximum Gasteiger partial charge on any atom is 0.232 e. The zero-order valence-corrected chi connectivity index (χ0v) is 16.5. The van der Waals surface area contributed by atoms with E-state index in [2.05, 4.69) is 0 Å². The van der Waals surface area contributed by atoms with Crippen LogP contribution >= 0.6 is 11.8 Å². The molecule has 1 atom stereocenters. The molecule has 1 aromatic carbocycles. The predicted octanol–water partition coefficient (Wildman–Crippen LogP) is 3.04. The Morgan fingerprint density at radius 3 is 2.92 bits per heavy atom. The Morgan fingerprint density at radius 1 is 1.31 bits per heavy atom. The van der Waals surface area contributed by atoms with Crippen molar-refractivity contribution >= 4 is 23.6 Å². The van der Waals surface area contributed by atoms with Gasteiger partial charge in [-0.1, -0.05) is 6.07 Å². The second-order valence-corrected chi connectivity index (χ2v) is 8.34. The van der Waals surface area contributed by atoms with E-state index >= 15 is 0 Å². The zero-order valence-electron chi connectivity index (χ0n) is 15.7. The number of carbonyl (C=O) groups excluding carboxylic acids is 2. The fraction of sp³-hybridized carbons (Fsp3) is 0.600. The fourth-order valence-electron chi connectivity index (χ4n) is 4.07. The number of amides is 2. The average molecular weight is 377 g/mol. The highest BCUT2D eigenvalue weighted by Crippen LogP contribution is 2.39. The van der Waals surface area contributed by atoms with Gasteiger partial charge in [-0.2, -0.15) is 0 Å². The summed E-state index contributed by atoms with van der Waals surface area (Å²) in [6, 6.07) is 7.82. The van der Waals surface area contributed by atoms with Crippen LogP contribution in [0.25, 0.3) is 0 Å². The van der Waals surface area contributed by atoms with Gasteiger partial charge in [0, 0.05) is 42.9 Å². The molecule has 0 radical (unpaired) electrons. The summed E-state index contributed by atoms with van der Waals surface area (Å²) in [6.07, 6.45) is 3.68. The van der Waals surface area contributed by atoms with Gasteiger partial charge in [-0.05, 0) is 44.4 Å². The van der Waals surface area contributed by atoms with E-state index in [-0.39, 0.29) is 17.2 Å². The van der Waals surface area contributed by atoms with E-state index in [1.54, 1.807) is 18.9 Å². The molecule has 26 heavy (non-hydrogen) atoms. The Bertz CT molecular complexity index is 666. The van der Waals surface area contributed by atoms with Crippen molar-refractivity contribution in [2.24, 2.45) is 5.41 Å². The molecule has 0 bridgehead atoms. The van der Waals surface area contributed by atoms with Crippen molar-refractivity contribution in [1.29, 1.82) is 0 Å². The largest absolute Gasteiger partial charge is 0.497 e. The van der Waals surface area contributed by atoms with Crippen LogP contribution in [0.5, 0.6) is 5.75 Å². The van der Waals surface area contributed by atoms with E-state index in [0.717, 1.165) is 56.1 Å². The highest BCUT2D eigenvalue weighted by Gasteiger charge is 2.42. The van der Waals surface area contributed by atoms with E-state index in [9.17, 15) is 9.59 Å². The van der Waals surface area contributed by atoms with Crippen molar-refractivity contribution in [3.05, 3.63) is 24.3 Å². The van der Waals surface area contributed by atoms with Crippen molar-refractivity contribution < 1.29 is 14.3 Å². The lowest BCUT2D eigenvalue weighted by Gasteiger charge is -2.48. The molecule has 142 valence electrons. The van der Waals surface area contributed by atoms with Gasteiger partial charge in [-0.3, -0.25) is 9.59 Å². The van der Waals surface area contributed by atoms with Gasteiger partial charge in [0.1, 0.15) is 5.75 Å². The van der Waals surface area contributed by atoms with Gasteiger partial charge in [0.05, 0.1) is 12.9 Å². The zero-order chi connectivity index (χ0) is 18.6. The average Bonchev–Trinajstić information content (AvgIpc) is 2.68. The quantitative estimate of drug-likeness (QED) is 0.741. The lowest BCUT2D eigenvalue weighted by molar-refractivity contribution is -0.141. The maximum atomic E-state index is 12.8. The minimum absolute atomic E-state index is 0.0957. The molecule has 0 saturated carbocycles. The van der Waals surface area contributed by atoms with Crippen molar-refractivity contribution in [2.45, 2.75) is 37.5 Å². The van der Waals surface area contributed by atoms with Gasteiger partial charge in [-0.25, -0.2) is 0 Å². The fourth-order valence-corrected chi connectivity index (χ4v) is 4.92. The molecule has 1 aromatic rings. The molecule has 2 fully saturated rings. The second kappa shape index (κ2) is 8.33. The van der Waals surface area contributed by atoms with E-state index in [4.69, 9.17) is 4.74 Å². The number of carbonyl (C=O) groups is 2. The van der Waals surface area contributed by atoms with Gasteiger partial charge in [0.25, 0.3) is 0 Å². The molecule has 2 aliphatic rings. The second-order valence-electron chi connectivity index (χ2n) is 7.29. The number of methoxy groups -OCH3 is 1. The van der Waals surface area contributed by atoms with Crippen molar-refractivity contribution in [3.63, 3.8) is 0 Å². The number of nitrogens with zero attached hydrogens (tertiary/aromatic N) is 2. The number of hydrogen-bond donors (Lipinski definition) is 0. The normalized spacial score (nSPS) is 23.4. The first-order valence-electron chi connectivity index (χ1n) is 9.38. The molecule has 0 aromatic heterocycles. The SMILES string of the molecule is CCN1C[C@@]2(CCCN(C(=O)CSc3cccc(OC)c3)C2)CCC1=O. The Kier molecular flexibility index (Phi) is 6.12. The summed E-state index contributed by atoms with van der Waals surface area (Å²) < 4.78 is 5.24. The third-order valence-corrected chi connectivity index (χ3v) is 6.53. The van der Waals surface area contributed by atoms with Crippen LogP contribution in [0.4, 0.5) is 0 Å². The molecule has 0 unspecified atom stereocenters. The molecule has 1 spiro atoms. The highest BCUT2D eigenvalue weighted by molar-refractivity contribution is 8.00. The summed E-state index contributed by atoms with van der Waals surface area (Å²) in [4.78, 5) is 29.8. The van der Waals surface area contributed by atoms with Crippen molar-refractivity contribution in [2.75, 3.05) is 39.0 Å². The number of likely N-dealkylation sites (tertiary alicyclic amines) is 2. The number of piperidine rings is 2. The van der Waals surface area contributed by atoms with Crippen LogP contribution in [-0.2, 0) is 9.59 Å². The Morgan fingerprint density at radius 2 is 2.15 bits per heavy atom. The van der Waals surface area contributed by atoms with E-state index in [0.29, 0.717) is 12.2 Å². The molecular formula is C20H28N2O3S. The molecule has 2 amide bonds. The summed E-state index contributed by atoms with van der Waals surface area (Å²) in [6.45, 7) is 5.22. The van der Waals surface area contributed by atoms with Crippen molar-refractivity contribution in [1.82, 2.24) is 9.80 Å². The molecule has 0 aliphatic carbocycles. The van der Waals surface area contributed by atoms with Crippen LogP contribution in [0.3, 0.4) is 0 Å². The monoisotopic (exact) mass is 376 g/mol. The minimum atomic E-state index is 0.0957. The molecule has 6 heteroatoms. The summed E-state index contributed by atoms with van der Waals surface area (Å²) in [5, 5.41) is 0. The molecule has 2 heterocycles. The van der Waals surface area contributed by atoms with Gasteiger partial charge >= 0.3 is 0 Å². The summed E-state index contributed by atoms with van der Waals surface area (Å²) in [5.74, 6) is 1.71. The van der Waals surface area contributed by atoms with Crippen LogP contribution in [0.2, 0.25) is 0 Å². The third-order valence-electron chi connectivity index (χ3n) is 5.55. The minimum Gasteiger partial charge on any atom is -0.497 e. The first-order chi connectivity index (χ1) is 12.5. The van der Waals surface area contributed by atoms with Gasteiger partial charge in [0.2, 0.25) is 11.8 Å². The Balaban J connectivity index is 1.58. The lowest BCUT2D eigenvalue weighted by atomic mass is 9.73. The Labute approximate surface area is 160 Å². The molecule has 5 nitrogen and oxygen atoms in total. The van der Waals surface area contributed by atoms with Crippen LogP contribution in [-0.4, -0.2) is 60.7 Å². The van der Waals surface area contributed by atoms with Crippen LogP contribution in [0.1, 0.15) is 32.6 Å². The molecule has 2 aliphatic heterocycles. The first-order valence-corrected chi connectivity index (χ1v) is 10.4. The topological polar surface area (TPSA) is 49.9 Å². The predicted molar refractivity (Wildman–Crippen MR) is 103 cm³/mol. The standard InChI is InChI=1S/C20H28N2O3S/c1-3-21-14-20(10-8-18(21)23)9-5-11-22(15-20)19(24)13-26-17-7-4-6-16(12-17)25-2/h4,6-7,12H,3,5,8-11,13-15H2,1-2H3/t20-/m1/s1. The number of rotatable bonds is 5. The highest BCUT2D eigenvalue weighted by atomic mass is 32.2. The third kappa shape index (κ3) is 4.34. The maximum absolute atomic E-state index is 12.8. The summed E-state index contributed by atoms with van der Waals surface area (Å²) in [7, 11) is 1.65. The molecular weight excluding hydrogens is 348 g/mol. The molecule has 2 saturated heterocycles. The number of hydrogen-bond acceptors (Lipinski definition) is 4. The van der Waals surface area contributed by atoms with E-state index in [1.807, 2.05) is 41.0 Å². The molecule has 0 N–H and O–H groups in total. The number of ether oxygens (including phenoxy) is 1. The first kappa shape index (κ1) is 19.1. The van der Waals surface area contributed by atoms with Crippen LogP contribution < -0.4 is 4.74 Å².